The largest absolute Gasteiger partial charge is 0.495 e. The number of ether oxygens (including phenoxy) is 2. The van der Waals surface area contributed by atoms with Gasteiger partial charge in [-0.3, -0.25) is 9.59 Å². The van der Waals surface area contributed by atoms with E-state index in [-0.39, 0.29) is 24.9 Å². The van der Waals surface area contributed by atoms with Gasteiger partial charge in [-0.2, -0.15) is 0 Å². The lowest BCUT2D eigenvalue weighted by molar-refractivity contribution is 0.0927. The number of benzene rings is 2. The predicted octanol–water partition coefficient (Wildman–Crippen LogP) is 1.03. The number of hydrogen-bond acceptors (Lipinski definition) is 6. The summed E-state index contributed by atoms with van der Waals surface area (Å²) >= 11 is 0. The van der Waals surface area contributed by atoms with Crippen LogP contribution in [0.4, 0.5) is 11.4 Å². The molecule has 0 aliphatic rings. The van der Waals surface area contributed by atoms with E-state index in [0.29, 0.717) is 34.0 Å². The molecule has 6 N–H and O–H groups in total. The van der Waals surface area contributed by atoms with Gasteiger partial charge in [0.25, 0.3) is 11.8 Å². The van der Waals surface area contributed by atoms with Crippen molar-refractivity contribution in [1.29, 1.82) is 0 Å². The van der Waals surface area contributed by atoms with E-state index in [4.69, 9.17) is 20.9 Å². The van der Waals surface area contributed by atoms with E-state index in [0.717, 1.165) is 0 Å². The lowest BCUT2D eigenvalue weighted by atomic mass is 10.1. The first-order chi connectivity index (χ1) is 12.5. The van der Waals surface area contributed by atoms with Gasteiger partial charge in [0.05, 0.1) is 25.6 Å². The number of carbonyl (C=O) groups is 2. The molecule has 0 spiro atoms. The molecule has 2 rings (SSSR count). The Morgan fingerprint density at radius 2 is 1.19 bits per heavy atom. The van der Waals surface area contributed by atoms with Crippen LogP contribution in [0.2, 0.25) is 0 Å². The first-order valence-electron chi connectivity index (χ1n) is 7.89. The molecule has 0 aliphatic carbocycles. The molecule has 2 aromatic carbocycles. The standard InChI is InChI=1S/C18H22N4O4/c1-25-15-5-3-11(9-13(15)19)17(23)21-7-8-22-18(24)12-4-6-16(26-2)14(20)10-12/h3-6,9-10H,7-8,19-20H2,1-2H3,(H,21,23)(H,22,24). The number of nitrogens with one attached hydrogen (secondary N) is 2. The van der Waals surface area contributed by atoms with Gasteiger partial charge in [-0.05, 0) is 36.4 Å². The van der Waals surface area contributed by atoms with Crippen molar-refractivity contribution in [3.8, 4) is 11.5 Å². The van der Waals surface area contributed by atoms with Crippen molar-refractivity contribution in [2.45, 2.75) is 0 Å². The summed E-state index contributed by atoms with van der Waals surface area (Å²) in [5, 5.41) is 5.41. The Bertz CT molecular complexity index is 740. The molecule has 0 fully saturated rings. The maximum absolute atomic E-state index is 12.1. The average molecular weight is 358 g/mol. The summed E-state index contributed by atoms with van der Waals surface area (Å²) < 4.78 is 10.1. The zero-order valence-electron chi connectivity index (χ0n) is 14.7. The second-order valence-electron chi connectivity index (χ2n) is 5.43. The van der Waals surface area contributed by atoms with Gasteiger partial charge in [0, 0.05) is 24.2 Å². The Hall–Kier alpha value is -3.42. The second kappa shape index (κ2) is 8.61. The quantitative estimate of drug-likeness (QED) is 0.432. The summed E-state index contributed by atoms with van der Waals surface area (Å²) in [5.41, 5.74) is 13.1. The number of nitrogen functional groups attached to an aromatic ring is 2. The molecule has 8 heteroatoms. The minimum atomic E-state index is -0.290. The zero-order valence-corrected chi connectivity index (χ0v) is 14.7. The van der Waals surface area contributed by atoms with E-state index >= 15 is 0 Å². The van der Waals surface area contributed by atoms with Crippen LogP contribution in [0.3, 0.4) is 0 Å². The third-order valence-electron chi connectivity index (χ3n) is 3.68. The van der Waals surface area contributed by atoms with E-state index in [1.54, 1.807) is 24.3 Å². The molecule has 2 amide bonds. The van der Waals surface area contributed by atoms with Gasteiger partial charge in [0.15, 0.2) is 0 Å². The topological polar surface area (TPSA) is 129 Å². The SMILES string of the molecule is COc1ccc(C(=O)NCCNC(=O)c2ccc(OC)c(N)c2)cc1N. The van der Waals surface area contributed by atoms with Crippen molar-refractivity contribution in [3.05, 3.63) is 47.5 Å². The first-order valence-corrected chi connectivity index (χ1v) is 7.89. The van der Waals surface area contributed by atoms with E-state index in [1.807, 2.05) is 0 Å². The molecule has 0 saturated heterocycles. The Balaban J connectivity index is 1.82. The Morgan fingerprint density at radius 3 is 1.50 bits per heavy atom. The lowest BCUT2D eigenvalue weighted by Gasteiger charge is -2.10. The second-order valence-corrected chi connectivity index (χ2v) is 5.43. The van der Waals surface area contributed by atoms with Crippen molar-refractivity contribution in [3.63, 3.8) is 0 Å². The number of carbonyl (C=O) groups excluding carboxylic acids is 2. The molecule has 138 valence electrons. The molecular formula is C18H22N4O4. The fourth-order valence-corrected chi connectivity index (χ4v) is 2.31. The Morgan fingerprint density at radius 1 is 0.808 bits per heavy atom. The van der Waals surface area contributed by atoms with Gasteiger partial charge in [-0.15, -0.1) is 0 Å². The maximum atomic E-state index is 12.1. The summed E-state index contributed by atoms with van der Waals surface area (Å²) in [6.45, 7) is 0.532. The monoisotopic (exact) mass is 358 g/mol. The van der Waals surface area contributed by atoms with Gasteiger partial charge in [-0.25, -0.2) is 0 Å². The normalized spacial score (nSPS) is 10.1. The molecule has 0 aliphatic heterocycles. The molecule has 0 atom stereocenters. The van der Waals surface area contributed by atoms with Crippen LogP contribution in [0.5, 0.6) is 11.5 Å². The summed E-state index contributed by atoms with van der Waals surface area (Å²) in [6.07, 6.45) is 0. The highest BCUT2D eigenvalue weighted by Gasteiger charge is 2.10. The predicted molar refractivity (Wildman–Crippen MR) is 99.5 cm³/mol. The van der Waals surface area contributed by atoms with E-state index in [9.17, 15) is 9.59 Å². The third kappa shape index (κ3) is 4.56. The Labute approximate surface area is 151 Å². The summed E-state index contributed by atoms with van der Waals surface area (Å²) in [6, 6.07) is 9.55. The molecule has 8 nitrogen and oxygen atoms in total. The molecule has 26 heavy (non-hydrogen) atoms. The van der Waals surface area contributed by atoms with Crippen LogP contribution >= 0.6 is 0 Å². The van der Waals surface area contributed by atoms with Crippen LogP contribution in [0.1, 0.15) is 20.7 Å². The van der Waals surface area contributed by atoms with Crippen LogP contribution in [-0.2, 0) is 0 Å². The van der Waals surface area contributed by atoms with Crippen LogP contribution in [0, 0.1) is 0 Å². The van der Waals surface area contributed by atoms with Crippen molar-refractivity contribution < 1.29 is 19.1 Å². The number of rotatable bonds is 7. The molecule has 0 aromatic heterocycles. The highest BCUT2D eigenvalue weighted by Crippen LogP contribution is 2.22. The van der Waals surface area contributed by atoms with Crippen molar-refractivity contribution in [1.82, 2.24) is 10.6 Å². The number of methoxy groups -OCH3 is 2. The van der Waals surface area contributed by atoms with Gasteiger partial charge in [0.1, 0.15) is 11.5 Å². The number of amides is 2. The van der Waals surface area contributed by atoms with Crippen molar-refractivity contribution in [2.75, 3.05) is 38.8 Å². The highest BCUT2D eigenvalue weighted by molar-refractivity contribution is 5.96. The minimum Gasteiger partial charge on any atom is -0.495 e. The third-order valence-corrected chi connectivity index (χ3v) is 3.68. The lowest BCUT2D eigenvalue weighted by Crippen LogP contribution is -2.34. The molecular weight excluding hydrogens is 336 g/mol. The van der Waals surface area contributed by atoms with Crippen LogP contribution < -0.4 is 31.6 Å². The summed E-state index contributed by atoms with van der Waals surface area (Å²) in [7, 11) is 3.01. The zero-order chi connectivity index (χ0) is 19.1. The smallest absolute Gasteiger partial charge is 0.251 e. The fourth-order valence-electron chi connectivity index (χ4n) is 2.31. The van der Waals surface area contributed by atoms with Gasteiger partial charge >= 0.3 is 0 Å². The van der Waals surface area contributed by atoms with Crippen LogP contribution in [0.25, 0.3) is 0 Å². The van der Waals surface area contributed by atoms with Crippen LogP contribution in [-0.4, -0.2) is 39.1 Å². The summed E-state index contributed by atoms with van der Waals surface area (Å²) in [5.74, 6) is 0.435. The van der Waals surface area contributed by atoms with Gasteiger partial charge < -0.3 is 31.6 Å². The maximum Gasteiger partial charge on any atom is 0.251 e. The van der Waals surface area contributed by atoms with Gasteiger partial charge in [-0.1, -0.05) is 0 Å². The van der Waals surface area contributed by atoms with Crippen LogP contribution in [0.15, 0.2) is 36.4 Å². The molecule has 0 radical (unpaired) electrons. The number of anilines is 2. The first kappa shape index (κ1) is 18.9. The summed E-state index contributed by atoms with van der Waals surface area (Å²) in [4.78, 5) is 24.2. The Kier molecular flexibility index (Phi) is 6.26. The minimum absolute atomic E-state index is 0.266. The highest BCUT2D eigenvalue weighted by atomic mass is 16.5. The van der Waals surface area contributed by atoms with Gasteiger partial charge in [0.2, 0.25) is 0 Å². The molecule has 0 saturated carbocycles. The molecule has 0 unspecified atom stereocenters. The van der Waals surface area contributed by atoms with E-state index in [1.165, 1.54) is 26.4 Å². The fraction of sp³-hybridized carbons (Fsp3) is 0.222. The average Bonchev–Trinajstić information content (AvgIpc) is 2.64. The molecule has 2 aromatic rings. The van der Waals surface area contributed by atoms with E-state index in [2.05, 4.69) is 10.6 Å². The van der Waals surface area contributed by atoms with Crippen molar-refractivity contribution in [2.24, 2.45) is 0 Å². The number of nitrogens with two attached hydrogens (primary N) is 2. The molecule has 0 bridgehead atoms. The molecule has 0 heterocycles. The van der Waals surface area contributed by atoms with Crippen molar-refractivity contribution >= 4 is 23.2 Å². The number of hydrogen-bond donors (Lipinski definition) is 4. The van der Waals surface area contributed by atoms with E-state index < -0.39 is 0 Å².